The molecule has 3 fully saturated rings. The van der Waals surface area contributed by atoms with Gasteiger partial charge in [0.2, 0.25) is 11.8 Å². The third-order valence-electron chi connectivity index (χ3n) is 7.75. The quantitative estimate of drug-likeness (QED) is 0.679. The molecule has 2 amide bonds. The highest BCUT2D eigenvalue weighted by atomic mass is 16.5. The summed E-state index contributed by atoms with van der Waals surface area (Å²) in [6.45, 7) is 10.5. The minimum Gasteiger partial charge on any atom is -0.487 e. The number of rotatable bonds is 6. The first-order chi connectivity index (χ1) is 15.4. The van der Waals surface area contributed by atoms with Gasteiger partial charge in [-0.1, -0.05) is 18.2 Å². The van der Waals surface area contributed by atoms with Gasteiger partial charge in [0.05, 0.1) is 6.04 Å². The second kappa shape index (κ2) is 10.2. The summed E-state index contributed by atoms with van der Waals surface area (Å²) >= 11 is 0. The van der Waals surface area contributed by atoms with Crippen molar-refractivity contribution in [2.24, 2.45) is 11.8 Å². The minimum atomic E-state index is 0.151. The first-order valence-corrected chi connectivity index (χ1v) is 12.4. The Bertz CT molecular complexity index is 768. The molecule has 1 aromatic rings. The lowest BCUT2D eigenvalue weighted by molar-refractivity contribution is -0.137. The van der Waals surface area contributed by atoms with Crippen LogP contribution in [0.2, 0.25) is 0 Å². The molecule has 2 atom stereocenters. The summed E-state index contributed by atoms with van der Waals surface area (Å²) in [6, 6.07) is 11.1. The molecule has 1 aromatic carbocycles. The van der Waals surface area contributed by atoms with Gasteiger partial charge in [0.15, 0.2) is 0 Å². The summed E-state index contributed by atoms with van der Waals surface area (Å²) in [5, 5.41) is 0. The topological polar surface area (TPSA) is 53.1 Å². The highest BCUT2D eigenvalue weighted by Crippen LogP contribution is 2.36. The van der Waals surface area contributed by atoms with Crippen LogP contribution in [0.1, 0.15) is 52.9 Å². The zero-order valence-corrected chi connectivity index (χ0v) is 19.9. The van der Waals surface area contributed by atoms with E-state index in [9.17, 15) is 9.59 Å². The molecule has 6 heteroatoms. The van der Waals surface area contributed by atoms with Crippen LogP contribution >= 0.6 is 0 Å². The highest BCUT2D eigenvalue weighted by Gasteiger charge is 2.47. The van der Waals surface area contributed by atoms with Gasteiger partial charge < -0.3 is 14.5 Å². The van der Waals surface area contributed by atoms with Crippen LogP contribution in [-0.2, 0) is 9.59 Å². The lowest BCUT2D eigenvalue weighted by atomic mass is 9.79. The highest BCUT2D eigenvalue weighted by molar-refractivity contribution is 5.76. The normalized spacial score (nSPS) is 25.6. The van der Waals surface area contributed by atoms with Crippen LogP contribution in [0, 0.1) is 11.8 Å². The van der Waals surface area contributed by atoms with E-state index < -0.39 is 0 Å². The van der Waals surface area contributed by atoms with Gasteiger partial charge in [-0.25, -0.2) is 0 Å². The van der Waals surface area contributed by atoms with Crippen LogP contribution in [0.5, 0.6) is 5.75 Å². The Hall–Kier alpha value is -2.08. The molecule has 2 unspecified atom stereocenters. The monoisotopic (exact) mass is 441 g/mol. The van der Waals surface area contributed by atoms with Crippen molar-refractivity contribution in [1.82, 2.24) is 14.7 Å². The van der Waals surface area contributed by atoms with Crippen LogP contribution < -0.4 is 4.74 Å². The third-order valence-corrected chi connectivity index (χ3v) is 7.75. The smallest absolute Gasteiger partial charge is 0.222 e. The molecular weight excluding hydrogens is 402 g/mol. The van der Waals surface area contributed by atoms with Crippen LogP contribution in [0.4, 0.5) is 0 Å². The zero-order chi connectivity index (χ0) is 22.7. The standard InChI is InChI=1S/C26H39N3O3/c1-19(2)29-18-24(32-23-7-5-4-6-8-23)26(29)22-11-15-28(16-12-22)25(31)17-21-9-13-27(14-10-21)20(3)30/h4-8,19,21-22,24,26H,9-18H2,1-3H3. The van der Waals surface area contributed by atoms with Crippen LogP contribution in [0.15, 0.2) is 30.3 Å². The van der Waals surface area contributed by atoms with Crippen LogP contribution in [-0.4, -0.2) is 77.4 Å². The largest absolute Gasteiger partial charge is 0.487 e. The maximum Gasteiger partial charge on any atom is 0.222 e. The molecular formula is C26H39N3O3. The molecule has 3 aliphatic heterocycles. The fraction of sp³-hybridized carbons (Fsp3) is 0.692. The summed E-state index contributed by atoms with van der Waals surface area (Å²) in [4.78, 5) is 31.0. The first kappa shape index (κ1) is 23.1. The van der Waals surface area contributed by atoms with E-state index in [1.165, 1.54) is 0 Å². The van der Waals surface area contributed by atoms with Crippen molar-refractivity contribution in [2.45, 2.75) is 71.1 Å². The van der Waals surface area contributed by atoms with Crippen molar-refractivity contribution >= 4 is 11.8 Å². The summed E-state index contributed by atoms with van der Waals surface area (Å²) < 4.78 is 6.35. The fourth-order valence-corrected chi connectivity index (χ4v) is 5.74. The number of carbonyl (C=O) groups is 2. The average molecular weight is 442 g/mol. The van der Waals surface area contributed by atoms with Gasteiger partial charge in [0.1, 0.15) is 11.9 Å². The Labute approximate surface area is 192 Å². The molecule has 3 saturated heterocycles. The number of benzene rings is 1. The summed E-state index contributed by atoms with van der Waals surface area (Å²) in [7, 11) is 0. The van der Waals surface area contributed by atoms with E-state index in [2.05, 4.69) is 23.6 Å². The predicted molar refractivity (Wildman–Crippen MR) is 125 cm³/mol. The number of hydrogen-bond donors (Lipinski definition) is 0. The molecule has 0 saturated carbocycles. The molecule has 6 nitrogen and oxygen atoms in total. The van der Waals surface area contributed by atoms with E-state index in [0.29, 0.717) is 36.2 Å². The third kappa shape index (κ3) is 5.28. The van der Waals surface area contributed by atoms with Gasteiger partial charge in [0.25, 0.3) is 0 Å². The van der Waals surface area contributed by atoms with Gasteiger partial charge in [-0.15, -0.1) is 0 Å². The van der Waals surface area contributed by atoms with Crippen molar-refractivity contribution in [3.8, 4) is 5.75 Å². The van der Waals surface area contributed by atoms with E-state index in [-0.39, 0.29) is 12.0 Å². The van der Waals surface area contributed by atoms with Crippen molar-refractivity contribution in [3.63, 3.8) is 0 Å². The Kier molecular flexibility index (Phi) is 7.39. The van der Waals surface area contributed by atoms with Crippen molar-refractivity contribution in [3.05, 3.63) is 30.3 Å². The summed E-state index contributed by atoms with van der Waals surface area (Å²) in [5.74, 6) is 2.40. The van der Waals surface area contributed by atoms with Crippen molar-refractivity contribution in [2.75, 3.05) is 32.7 Å². The number of carbonyl (C=O) groups excluding carboxylic acids is 2. The van der Waals surface area contributed by atoms with Crippen molar-refractivity contribution in [1.29, 1.82) is 0 Å². The molecule has 4 rings (SSSR count). The number of piperidine rings is 2. The molecule has 0 aliphatic carbocycles. The van der Waals surface area contributed by atoms with Gasteiger partial charge in [-0.2, -0.15) is 0 Å². The Morgan fingerprint density at radius 1 is 0.969 bits per heavy atom. The second-order valence-corrected chi connectivity index (χ2v) is 10.1. The number of ether oxygens (including phenoxy) is 1. The SMILES string of the molecule is CC(=O)N1CCC(CC(=O)N2CCC(C3C(Oc4ccccc4)CN3C(C)C)CC2)CC1. The second-order valence-electron chi connectivity index (χ2n) is 10.1. The van der Waals surface area contributed by atoms with Gasteiger partial charge in [-0.3, -0.25) is 14.5 Å². The van der Waals surface area contributed by atoms with Crippen LogP contribution in [0.3, 0.4) is 0 Å². The Morgan fingerprint density at radius 2 is 1.59 bits per heavy atom. The summed E-state index contributed by atoms with van der Waals surface area (Å²) in [6.07, 6.45) is 4.88. The summed E-state index contributed by atoms with van der Waals surface area (Å²) in [5.41, 5.74) is 0. The molecule has 3 aliphatic rings. The van der Waals surface area contributed by atoms with Crippen molar-refractivity contribution < 1.29 is 14.3 Å². The molecule has 0 spiro atoms. The van der Waals surface area contributed by atoms with E-state index in [1.807, 2.05) is 35.2 Å². The zero-order valence-electron chi connectivity index (χ0n) is 19.9. The number of likely N-dealkylation sites (tertiary alicyclic amines) is 3. The predicted octanol–water partition coefficient (Wildman–Crippen LogP) is 3.41. The Morgan fingerprint density at radius 3 is 2.19 bits per heavy atom. The van der Waals surface area contributed by atoms with E-state index in [4.69, 9.17) is 4.74 Å². The fourth-order valence-electron chi connectivity index (χ4n) is 5.74. The minimum absolute atomic E-state index is 0.151. The molecule has 176 valence electrons. The Balaban J connectivity index is 1.27. The molecule has 32 heavy (non-hydrogen) atoms. The maximum atomic E-state index is 12.9. The number of para-hydroxylation sites is 1. The molecule has 0 radical (unpaired) electrons. The van der Waals surface area contributed by atoms with E-state index in [0.717, 1.165) is 64.2 Å². The number of amides is 2. The molecule has 0 aromatic heterocycles. The first-order valence-electron chi connectivity index (χ1n) is 12.4. The van der Waals surface area contributed by atoms with Gasteiger partial charge >= 0.3 is 0 Å². The molecule has 0 N–H and O–H groups in total. The number of nitrogens with zero attached hydrogens (tertiary/aromatic N) is 3. The van der Waals surface area contributed by atoms with E-state index in [1.54, 1.807) is 6.92 Å². The van der Waals surface area contributed by atoms with E-state index >= 15 is 0 Å². The lowest BCUT2D eigenvalue weighted by Gasteiger charge is -2.54. The number of hydrogen-bond acceptors (Lipinski definition) is 4. The van der Waals surface area contributed by atoms with Gasteiger partial charge in [-0.05, 0) is 63.5 Å². The average Bonchev–Trinajstić information content (AvgIpc) is 2.77. The van der Waals surface area contributed by atoms with Crippen LogP contribution in [0.25, 0.3) is 0 Å². The van der Waals surface area contributed by atoms with Gasteiger partial charge in [0, 0.05) is 52.1 Å². The lowest BCUT2D eigenvalue weighted by Crippen LogP contribution is -2.68. The molecule has 3 heterocycles. The maximum absolute atomic E-state index is 12.9. The molecule has 0 bridgehead atoms.